The zero-order chi connectivity index (χ0) is 15.3. The van der Waals surface area contributed by atoms with Crippen molar-refractivity contribution in [2.75, 3.05) is 27.2 Å². The highest BCUT2D eigenvalue weighted by Crippen LogP contribution is 2.30. The fourth-order valence-electron chi connectivity index (χ4n) is 1.35. The van der Waals surface area contributed by atoms with Crippen molar-refractivity contribution in [3.8, 4) is 0 Å². The molecule has 0 aromatic rings. The molecule has 0 aromatic heterocycles. The highest BCUT2D eigenvalue weighted by molar-refractivity contribution is 5.79. The number of aliphatic carboxylic acids is 1. The minimum Gasteiger partial charge on any atom is -0.481 e. The van der Waals surface area contributed by atoms with E-state index in [2.05, 4.69) is 10.6 Å². The predicted molar refractivity (Wildman–Crippen MR) is 75.2 cm³/mol. The first-order chi connectivity index (χ1) is 8.50. The standard InChI is InChI=1S/C13H27N3O3/c1-12(2,10(17)18)13(3,4)15-11(19)14-8-7-9-16(5)6/h7-9H2,1-6H3,(H,17,18)(H2,14,15,19). The lowest BCUT2D eigenvalue weighted by Gasteiger charge is -2.38. The van der Waals surface area contributed by atoms with Gasteiger partial charge in [0.2, 0.25) is 0 Å². The Labute approximate surface area is 115 Å². The Kier molecular flexibility index (Phi) is 6.29. The Hall–Kier alpha value is -1.30. The van der Waals surface area contributed by atoms with E-state index < -0.39 is 16.9 Å². The minimum atomic E-state index is -1.05. The number of amides is 2. The third-order valence-electron chi connectivity index (χ3n) is 3.59. The van der Waals surface area contributed by atoms with E-state index in [9.17, 15) is 14.7 Å². The zero-order valence-electron chi connectivity index (χ0n) is 12.8. The lowest BCUT2D eigenvalue weighted by Crippen LogP contribution is -2.59. The molecule has 0 aromatic carbocycles. The fraction of sp³-hybridized carbons (Fsp3) is 0.846. The molecule has 0 rings (SSSR count). The summed E-state index contributed by atoms with van der Waals surface area (Å²) in [6, 6.07) is -0.335. The lowest BCUT2D eigenvalue weighted by atomic mass is 9.74. The largest absolute Gasteiger partial charge is 0.481 e. The van der Waals surface area contributed by atoms with Crippen molar-refractivity contribution in [3.05, 3.63) is 0 Å². The van der Waals surface area contributed by atoms with Gasteiger partial charge in [0.05, 0.1) is 11.0 Å². The predicted octanol–water partition coefficient (Wildman–Crippen LogP) is 1.13. The molecule has 0 aliphatic heterocycles. The quantitative estimate of drug-likeness (QED) is 0.607. The van der Waals surface area contributed by atoms with E-state index in [4.69, 9.17) is 0 Å². The summed E-state index contributed by atoms with van der Waals surface area (Å²) < 4.78 is 0. The molecule has 6 heteroatoms. The molecule has 0 aliphatic carbocycles. The van der Waals surface area contributed by atoms with Gasteiger partial charge in [0.25, 0.3) is 0 Å². The molecule has 0 saturated heterocycles. The van der Waals surface area contributed by atoms with Crippen molar-refractivity contribution in [2.24, 2.45) is 5.41 Å². The molecule has 19 heavy (non-hydrogen) atoms. The van der Waals surface area contributed by atoms with E-state index in [0.717, 1.165) is 13.0 Å². The van der Waals surface area contributed by atoms with Crippen LogP contribution in [0.15, 0.2) is 0 Å². The van der Waals surface area contributed by atoms with Crippen LogP contribution in [0.3, 0.4) is 0 Å². The van der Waals surface area contributed by atoms with Gasteiger partial charge in [-0.05, 0) is 54.8 Å². The Bertz CT molecular complexity index is 325. The number of urea groups is 1. The van der Waals surface area contributed by atoms with Gasteiger partial charge >= 0.3 is 12.0 Å². The Morgan fingerprint density at radius 3 is 2.11 bits per heavy atom. The number of hydrogen-bond acceptors (Lipinski definition) is 3. The molecule has 0 fully saturated rings. The van der Waals surface area contributed by atoms with Crippen molar-refractivity contribution < 1.29 is 14.7 Å². The fourth-order valence-corrected chi connectivity index (χ4v) is 1.35. The molecule has 0 radical (unpaired) electrons. The van der Waals surface area contributed by atoms with Gasteiger partial charge in [-0.3, -0.25) is 4.79 Å². The Morgan fingerprint density at radius 2 is 1.68 bits per heavy atom. The molecule has 2 amide bonds. The Morgan fingerprint density at radius 1 is 1.16 bits per heavy atom. The van der Waals surface area contributed by atoms with Crippen molar-refractivity contribution in [3.63, 3.8) is 0 Å². The average molecular weight is 273 g/mol. The molecule has 0 aliphatic rings. The zero-order valence-corrected chi connectivity index (χ0v) is 12.8. The normalized spacial score (nSPS) is 12.4. The average Bonchev–Trinajstić information content (AvgIpc) is 2.23. The highest BCUT2D eigenvalue weighted by atomic mass is 16.4. The first-order valence-corrected chi connectivity index (χ1v) is 6.45. The molecule has 0 heterocycles. The van der Waals surface area contributed by atoms with Crippen LogP contribution in [0.1, 0.15) is 34.1 Å². The summed E-state index contributed by atoms with van der Waals surface area (Å²) in [4.78, 5) is 25.0. The first-order valence-electron chi connectivity index (χ1n) is 6.45. The van der Waals surface area contributed by atoms with Gasteiger partial charge in [-0.15, -0.1) is 0 Å². The molecule has 0 bridgehead atoms. The number of carbonyl (C=O) groups is 2. The van der Waals surface area contributed by atoms with Gasteiger partial charge in [-0.1, -0.05) is 0 Å². The van der Waals surface area contributed by atoms with Crippen molar-refractivity contribution >= 4 is 12.0 Å². The van der Waals surface area contributed by atoms with Crippen LogP contribution in [0.4, 0.5) is 4.79 Å². The smallest absolute Gasteiger partial charge is 0.315 e. The van der Waals surface area contributed by atoms with E-state index in [1.165, 1.54) is 0 Å². The maximum absolute atomic E-state index is 11.7. The van der Waals surface area contributed by atoms with Crippen molar-refractivity contribution in [2.45, 2.75) is 39.7 Å². The molecule has 112 valence electrons. The molecule has 6 nitrogen and oxygen atoms in total. The van der Waals surface area contributed by atoms with Crippen molar-refractivity contribution in [1.82, 2.24) is 15.5 Å². The van der Waals surface area contributed by atoms with Crippen LogP contribution in [0.2, 0.25) is 0 Å². The van der Waals surface area contributed by atoms with Crippen LogP contribution < -0.4 is 10.6 Å². The van der Waals surface area contributed by atoms with Gasteiger partial charge in [-0.2, -0.15) is 0 Å². The highest BCUT2D eigenvalue weighted by Gasteiger charge is 2.44. The molecule has 0 spiro atoms. The lowest BCUT2D eigenvalue weighted by molar-refractivity contribution is -0.150. The second-order valence-corrected chi connectivity index (χ2v) is 6.09. The van der Waals surface area contributed by atoms with Crippen LogP contribution in [-0.4, -0.2) is 54.7 Å². The van der Waals surface area contributed by atoms with Gasteiger partial charge in [0.1, 0.15) is 0 Å². The maximum atomic E-state index is 11.7. The molecule has 3 N–H and O–H groups in total. The second kappa shape index (κ2) is 6.75. The van der Waals surface area contributed by atoms with Crippen LogP contribution in [-0.2, 0) is 4.79 Å². The monoisotopic (exact) mass is 273 g/mol. The van der Waals surface area contributed by atoms with Crippen molar-refractivity contribution in [1.29, 1.82) is 0 Å². The SMILES string of the molecule is CN(C)CCCNC(=O)NC(C)(C)C(C)(C)C(=O)O. The number of carbonyl (C=O) groups excluding carboxylic acids is 1. The van der Waals surface area contributed by atoms with Gasteiger partial charge in [0.15, 0.2) is 0 Å². The number of hydrogen-bond donors (Lipinski definition) is 3. The van der Waals surface area contributed by atoms with E-state index in [-0.39, 0.29) is 6.03 Å². The number of nitrogens with zero attached hydrogens (tertiary/aromatic N) is 1. The summed E-state index contributed by atoms with van der Waals surface area (Å²) >= 11 is 0. The summed E-state index contributed by atoms with van der Waals surface area (Å²) in [7, 11) is 3.94. The Balaban J connectivity index is 4.28. The van der Waals surface area contributed by atoms with Crippen LogP contribution in [0.25, 0.3) is 0 Å². The number of carboxylic acid groups (broad SMARTS) is 1. The van der Waals surface area contributed by atoms with Crippen LogP contribution >= 0.6 is 0 Å². The minimum absolute atomic E-state index is 0.335. The third-order valence-corrected chi connectivity index (χ3v) is 3.59. The second-order valence-electron chi connectivity index (χ2n) is 6.09. The summed E-state index contributed by atoms with van der Waals surface area (Å²) in [5, 5.41) is 14.6. The van der Waals surface area contributed by atoms with Gasteiger partial charge < -0.3 is 20.6 Å². The van der Waals surface area contributed by atoms with E-state index >= 15 is 0 Å². The molecular weight excluding hydrogens is 246 g/mol. The maximum Gasteiger partial charge on any atom is 0.315 e. The van der Waals surface area contributed by atoms with Gasteiger partial charge in [-0.25, -0.2) is 4.79 Å². The third kappa shape index (κ3) is 5.46. The van der Waals surface area contributed by atoms with Crippen LogP contribution in [0, 0.1) is 5.41 Å². The van der Waals surface area contributed by atoms with E-state index in [1.807, 2.05) is 19.0 Å². The first kappa shape index (κ1) is 17.7. The molecule has 0 atom stereocenters. The number of nitrogens with one attached hydrogen (secondary N) is 2. The van der Waals surface area contributed by atoms with Gasteiger partial charge in [0, 0.05) is 6.54 Å². The number of rotatable bonds is 7. The van der Waals surface area contributed by atoms with Crippen LogP contribution in [0.5, 0.6) is 0 Å². The summed E-state index contributed by atoms with van der Waals surface area (Å²) in [5.74, 6) is -0.939. The summed E-state index contributed by atoms with van der Waals surface area (Å²) in [5.41, 5.74) is -1.89. The summed E-state index contributed by atoms with van der Waals surface area (Å²) in [6.07, 6.45) is 0.850. The topological polar surface area (TPSA) is 81.7 Å². The van der Waals surface area contributed by atoms with E-state index in [1.54, 1.807) is 27.7 Å². The number of carboxylic acids is 1. The molecule has 0 unspecified atom stereocenters. The van der Waals surface area contributed by atoms with E-state index in [0.29, 0.717) is 6.54 Å². The molecule has 0 saturated carbocycles. The molecular formula is C13H27N3O3. The summed E-state index contributed by atoms with van der Waals surface area (Å²) in [6.45, 7) is 8.07.